The number of ether oxygens (including phenoxy) is 2. The van der Waals surface area contributed by atoms with Crippen LogP contribution in [0.15, 0.2) is 35.9 Å². The molecule has 3 aromatic rings. The lowest BCUT2D eigenvalue weighted by Crippen LogP contribution is -2.65. The van der Waals surface area contributed by atoms with Gasteiger partial charge in [0.15, 0.2) is 17.7 Å². The van der Waals surface area contributed by atoms with Crippen LogP contribution in [-0.4, -0.2) is 96.4 Å². The van der Waals surface area contributed by atoms with Crippen LogP contribution >= 0.6 is 15.0 Å². The molecule has 3 aromatic heterocycles. The molecule has 9 atom stereocenters. The van der Waals surface area contributed by atoms with Crippen molar-refractivity contribution in [2.45, 2.75) is 134 Å². The van der Waals surface area contributed by atoms with Crippen molar-refractivity contribution in [2.75, 3.05) is 19.8 Å². The Bertz CT molecular complexity index is 2150. The van der Waals surface area contributed by atoms with Crippen molar-refractivity contribution >= 4 is 54.9 Å². The van der Waals surface area contributed by atoms with Gasteiger partial charge in [-0.1, -0.05) is 55.4 Å². The molecule has 18 nitrogen and oxygen atoms in total. The molecule has 6 rings (SSSR count). The first-order chi connectivity index (χ1) is 28.8. The van der Waals surface area contributed by atoms with E-state index in [1.807, 2.05) is 6.07 Å². The number of rotatable bonds is 17. The highest BCUT2D eigenvalue weighted by Gasteiger charge is 2.63. The van der Waals surface area contributed by atoms with E-state index in [2.05, 4.69) is 70.3 Å². The van der Waals surface area contributed by atoms with Crippen LogP contribution in [0, 0.1) is 23.1 Å². The molecule has 1 saturated carbocycles. The minimum absolute atomic E-state index is 0.00877. The Labute approximate surface area is 363 Å². The minimum Gasteiger partial charge on any atom is -0.474 e. The van der Waals surface area contributed by atoms with Gasteiger partial charge in [0, 0.05) is 37.8 Å². The van der Waals surface area contributed by atoms with Gasteiger partial charge in [-0.25, -0.2) is 19.3 Å². The van der Waals surface area contributed by atoms with E-state index in [0.717, 1.165) is 6.20 Å². The van der Waals surface area contributed by atoms with Gasteiger partial charge in [-0.05, 0) is 40.4 Å². The normalized spacial score (nSPS) is 27.9. The quantitative estimate of drug-likeness (QED) is 0.0848. The van der Waals surface area contributed by atoms with E-state index in [4.69, 9.17) is 52.3 Å². The molecule has 0 radical (unpaired) electrons. The number of nitrogens with zero attached hydrogens (tertiary/aromatic N) is 6. The molecule has 61 heavy (non-hydrogen) atoms. The zero-order chi connectivity index (χ0) is 44.4. The largest absolute Gasteiger partial charge is 0.474 e. The van der Waals surface area contributed by atoms with Gasteiger partial charge in [0.05, 0.1) is 44.7 Å². The average Bonchev–Trinajstić information content (AvgIpc) is 3.83. The molecular weight excluding hydrogens is 890 g/mol. The fourth-order valence-electron chi connectivity index (χ4n) is 8.57. The predicted octanol–water partition coefficient (Wildman–Crippen LogP) is 6.70. The fourth-order valence-corrected chi connectivity index (χ4v) is 22.4. The van der Waals surface area contributed by atoms with Gasteiger partial charge < -0.3 is 50.0 Å². The van der Waals surface area contributed by atoms with Crippen LogP contribution in [0.5, 0.6) is 5.88 Å². The molecule has 3 aliphatic rings. The second-order valence-electron chi connectivity index (χ2n) is 16.9. The topological polar surface area (TPSA) is 210 Å². The molecule has 24 heteroatoms. The van der Waals surface area contributed by atoms with Crippen LogP contribution in [0.1, 0.15) is 80.9 Å². The molecule has 5 heterocycles. The van der Waals surface area contributed by atoms with Crippen LogP contribution in [0.2, 0.25) is 22.2 Å². The van der Waals surface area contributed by atoms with Crippen LogP contribution in [0.4, 0.5) is 4.39 Å². The Kier molecular flexibility index (Phi) is 15.6. The number of fused-ring (bicyclic) bond motifs is 2. The highest BCUT2D eigenvalue weighted by molar-refractivity contribution is 8.07. The molecule has 0 bridgehead atoms. The highest BCUT2D eigenvalue weighted by Crippen LogP contribution is 2.57. The number of aromatic nitrogens is 5. The van der Waals surface area contributed by atoms with Gasteiger partial charge in [-0.15, -0.1) is 0 Å². The highest BCUT2D eigenvalue weighted by atomic mass is 32.5. The SMILES string of the molecule is CC(C)[Si]1(C(C)C)OC[C@H]2O[C@@H](n3cc(F)c4c(=O)n(C)cnc43)[C@H](O[P@](=S)(OCCC#N)OC[C@H]3C[C@@H](Oc4ccncn4)C[C@@H]3O[PH](=O)O)[C@@H]2O[Si](C(C)C)(C(C)C)O1. The van der Waals surface area contributed by atoms with Crippen molar-refractivity contribution in [2.24, 2.45) is 13.0 Å². The summed E-state index contributed by atoms with van der Waals surface area (Å²) in [6.07, 6.45) is 0.475. The van der Waals surface area contributed by atoms with Gasteiger partial charge in [0.2, 0.25) is 5.88 Å². The van der Waals surface area contributed by atoms with Crippen molar-refractivity contribution < 1.29 is 54.4 Å². The van der Waals surface area contributed by atoms with E-state index in [0.29, 0.717) is 12.3 Å². The van der Waals surface area contributed by atoms with Crippen molar-refractivity contribution in [3.05, 3.63) is 47.3 Å². The first-order valence-electron chi connectivity index (χ1n) is 20.5. The maximum absolute atomic E-state index is 15.9. The van der Waals surface area contributed by atoms with Crippen molar-refractivity contribution in [3.8, 4) is 11.9 Å². The molecule has 1 aliphatic carbocycles. The zero-order valence-corrected chi connectivity index (χ0v) is 40.5. The second kappa shape index (κ2) is 19.8. The minimum atomic E-state index is -3.94. The lowest BCUT2D eigenvalue weighted by molar-refractivity contribution is -0.0568. The third kappa shape index (κ3) is 10.2. The van der Waals surface area contributed by atoms with E-state index in [-0.39, 0.29) is 65.9 Å². The molecular formula is C37H57FN6O12P2SSi2. The summed E-state index contributed by atoms with van der Waals surface area (Å²) in [4.78, 5) is 35.5. The first kappa shape index (κ1) is 48.1. The van der Waals surface area contributed by atoms with Gasteiger partial charge in [0.25, 0.3) is 5.56 Å². The standard InChI is InChI=1S/C37H57FN6O12P2SSi2/c1-22(2)60(23(3)4)50-19-30-33(55-61(56-60,24(5)6)25(7)8)34(37(52-30)44-17-28(38)32-35(44)42-21-43(9)36(32)45)54-58(59,48-14-10-12-39)49-18-26-15-27(16-29(26)53-57(46)47)51-31-11-13-40-20-41-31/h11,13,17,20-27,29-30,33-34,37,57H,10,14-16,18-19H2,1-9H3,(H,46,47)/t26-,27-,29+,30-,33-,34-,37-,58+/m1/s1. The zero-order valence-electron chi connectivity index (χ0n) is 35.8. The molecule has 0 spiro atoms. The van der Waals surface area contributed by atoms with Crippen LogP contribution in [0.3, 0.4) is 0 Å². The Hall–Kier alpha value is -2.33. The molecule has 0 amide bonds. The number of aryl methyl sites for hydroxylation is 1. The molecule has 3 fully saturated rings. The van der Waals surface area contributed by atoms with Crippen molar-refractivity contribution in [1.29, 1.82) is 5.26 Å². The van der Waals surface area contributed by atoms with E-state index >= 15 is 4.39 Å². The van der Waals surface area contributed by atoms with E-state index in [1.54, 1.807) is 6.07 Å². The smallest absolute Gasteiger partial charge is 0.335 e. The summed E-state index contributed by atoms with van der Waals surface area (Å²) in [7, 11) is -8.25. The van der Waals surface area contributed by atoms with E-state index in [1.165, 1.54) is 35.0 Å². The van der Waals surface area contributed by atoms with Crippen LogP contribution in [0.25, 0.3) is 11.0 Å². The summed E-state index contributed by atoms with van der Waals surface area (Å²) in [5.41, 5.74) is -0.687. The molecule has 1 N–H and O–H groups in total. The second-order valence-corrected chi connectivity index (χ2v) is 29.4. The molecule has 338 valence electrons. The average molecular weight is 947 g/mol. The Balaban J connectivity index is 1.42. The summed E-state index contributed by atoms with van der Waals surface area (Å²) in [6, 6.07) is 3.65. The number of hydrogen-bond donors (Lipinski definition) is 1. The molecule has 0 aromatic carbocycles. The van der Waals surface area contributed by atoms with Crippen molar-refractivity contribution in [1.82, 2.24) is 24.1 Å². The molecule has 1 unspecified atom stereocenters. The number of halogens is 1. The Morgan fingerprint density at radius 3 is 2.43 bits per heavy atom. The maximum atomic E-state index is 15.9. The van der Waals surface area contributed by atoms with Gasteiger partial charge >= 0.3 is 32.1 Å². The molecule has 2 aliphatic heterocycles. The van der Waals surface area contributed by atoms with Crippen LogP contribution in [-0.2, 0) is 59.2 Å². The maximum Gasteiger partial charge on any atom is 0.335 e. The van der Waals surface area contributed by atoms with Gasteiger partial charge in [-0.3, -0.25) is 13.9 Å². The summed E-state index contributed by atoms with van der Waals surface area (Å²) >= 11 is 6.14. The van der Waals surface area contributed by atoms with Gasteiger partial charge in [-0.2, -0.15) is 5.26 Å². The van der Waals surface area contributed by atoms with E-state index < -0.39 is 86.1 Å². The fraction of sp³-hybridized carbons (Fsp3) is 0.703. The van der Waals surface area contributed by atoms with Crippen LogP contribution < -0.4 is 10.3 Å². The summed E-state index contributed by atoms with van der Waals surface area (Å²) in [5.74, 6) is -1.01. The first-order valence-corrected chi connectivity index (χ1v) is 28.3. The Morgan fingerprint density at radius 2 is 1.80 bits per heavy atom. The third-order valence-corrected chi connectivity index (χ3v) is 24.7. The third-order valence-electron chi connectivity index (χ3n) is 11.6. The number of nitriles is 1. The summed E-state index contributed by atoms with van der Waals surface area (Å²) < 4.78 is 90.2. The lowest BCUT2D eigenvalue weighted by atomic mass is 10.1. The predicted molar refractivity (Wildman–Crippen MR) is 229 cm³/mol. The van der Waals surface area contributed by atoms with Gasteiger partial charge in [0.1, 0.15) is 36.1 Å². The van der Waals surface area contributed by atoms with Crippen molar-refractivity contribution in [3.63, 3.8) is 0 Å². The summed E-state index contributed by atoms with van der Waals surface area (Å²) in [5, 5.41) is 9.25. The Morgan fingerprint density at radius 1 is 1.10 bits per heavy atom. The number of hydrogen-bond acceptors (Lipinski definition) is 16. The monoisotopic (exact) mass is 946 g/mol. The lowest BCUT2D eigenvalue weighted by Gasteiger charge is -2.51. The molecule has 2 saturated heterocycles. The van der Waals surface area contributed by atoms with E-state index in [9.17, 15) is 19.5 Å². The summed E-state index contributed by atoms with van der Waals surface area (Å²) in [6.45, 7) is 12.5.